The van der Waals surface area contributed by atoms with Crippen LogP contribution in [0.25, 0.3) is 0 Å². The SMILES string of the molecule is O.O=S(=O)(O)C1C=CC=CO1. The molecule has 1 aliphatic rings. The first-order valence-corrected chi connectivity index (χ1v) is 4.06. The predicted molar refractivity (Wildman–Crippen MR) is 38.3 cm³/mol. The lowest BCUT2D eigenvalue weighted by molar-refractivity contribution is 0.232. The number of hydrogen-bond donors (Lipinski definition) is 1. The highest BCUT2D eigenvalue weighted by molar-refractivity contribution is 7.86. The van der Waals surface area contributed by atoms with Crippen molar-refractivity contribution in [1.29, 1.82) is 0 Å². The van der Waals surface area contributed by atoms with E-state index < -0.39 is 15.6 Å². The third-order valence-corrected chi connectivity index (χ3v) is 1.82. The summed E-state index contributed by atoms with van der Waals surface area (Å²) < 4.78 is 33.6. The number of allylic oxidation sites excluding steroid dienone is 2. The van der Waals surface area contributed by atoms with Crippen LogP contribution in [0.5, 0.6) is 0 Å². The molecule has 1 rings (SSSR count). The van der Waals surface area contributed by atoms with E-state index in [9.17, 15) is 8.42 Å². The van der Waals surface area contributed by atoms with Crippen LogP contribution in [-0.4, -0.2) is 23.9 Å². The Balaban J connectivity index is 0.000001000. The van der Waals surface area contributed by atoms with Gasteiger partial charge in [-0.05, 0) is 12.2 Å². The Hall–Kier alpha value is -0.850. The molecule has 1 atom stereocenters. The van der Waals surface area contributed by atoms with Gasteiger partial charge >= 0.3 is 10.1 Å². The van der Waals surface area contributed by atoms with Crippen LogP contribution in [0.15, 0.2) is 24.5 Å². The maximum Gasteiger partial charge on any atom is 0.307 e. The van der Waals surface area contributed by atoms with Crippen molar-refractivity contribution in [3.05, 3.63) is 24.5 Å². The Kier molecular flexibility index (Phi) is 3.24. The minimum Gasteiger partial charge on any atom is -0.475 e. The molecule has 0 amide bonds. The Labute approximate surface area is 64.0 Å². The maximum atomic E-state index is 10.3. The van der Waals surface area contributed by atoms with E-state index in [-0.39, 0.29) is 5.48 Å². The largest absolute Gasteiger partial charge is 0.475 e. The van der Waals surface area contributed by atoms with Crippen LogP contribution in [-0.2, 0) is 14.9 Å². The average Bonchev–Trinajstić information content (AvgIpc) is 1.88. The average molecular weight is 180 g/mol. The van der Waals surface area contributed by atoms with Gasteiger partial charge in [0.2, 0.25) is 5.44 Å². The lowest BCUT2D eigenvalue weighted by Crippen LogP contribution is -2.20. The quantitative estimate of drug-likeness (QED) is 0.549. The second kappa shape index (κ2) is 3.51. The fraction of sp³-hybridized carbons (Fsp3) is 0.200. The summed E-state index contributed by atoms with van der Waals surface area (Å²) in [5.74, 6) is 0. The predicted octanol–water partition coefficient (Wildman–Crippen LogP) is -0.524. The van der Waals surface area contributed by atoms with Crippen molar-refractivity contribution in [3.63, 3.8) is 0 Å². The second-order valence-electron chi connectivity index (χ2n) is 1.73. The van der Waals surface area contributed by atoms with Crippen molar-refractivity contribution < 1.29 is 23.2 Å². The molecule has 0 aliphatic carbocycles. The monoisotopic (exact) mass is 180 g/mol. The van der Waals surface area contributed by atoms with E-state index in [1.165, 1.54) is 24.5 Å². The highest BCUT2D eigenvalue weighted by Gasteiger charge is 2.20. The Morgan fingerprint density at radius 2 is 2.00 bits per heavy atom. The van der Waals surface area contributed by atoms with Crippen LogP contribution in [0, 0.1) is 0 Å². The van der Waals surface area contributed by atoms with Gasteiger partial charge in [-0.2, -0.15) is 8.42 Å². The first-order valence-electron chi connectivity index (χ1n) is 2.56. The molecule has 0 saturated heterocycles. The van der Waals surface area contributed by atoms with Gasteiger partial charge < -0.3 is 10.2 Å². The lowest BCUT2D eigenvalue weighted by Gasteiger charge is -2.10. The van der Waals surface area contributed by atoms with Gasteiger partial charge in [-0.3, -0.25) is 4.55 Å². The molecule has 0 saturated carbocycles. The highest BCUT2D eigenvalue weighted by Crippen LogP contribution is 2.07. The normalized spacial score (nSPS) is 22.1. The molecule has 0 radical (unpaired) electrons. The Morgan fingerprint density at radius 3 is 2.27 bits per heavy atom. The zero-order valence-electron chi connectivity index (χ0n) is 5.47. The molecule has 1 unspecified atom stereocenters. The van der Waals surface area contributed by atoms with Gasteiger partial charge in [-0.25, -0.2) is 0 Å². The van der Waals surface area contributed by atoms with Crippen molar-refractivity contribution in [1.82, 2.24) is 0 Å². The van der Waals surface area contributed by atoms with Gasteiger partial charge in [0.15, 0.2) is 0 Å². The van der Waals surface area contributed by atoms with Crippen molar-refractivity contribution in [2.75, 3.05) is 0 Å². The van der Waals surface area contributed by atoms with Gasteiger partial charge in [0.05, 0.1) is 6.26 Å². The molecule has 0 aromatic heterocycles. The molecular formula is C5H8O5S. The van der Waals surface area contributed by atoms with Crippen LogP contribution in [0.3, 0.4) is 0 Å². The van der Waals surface area contributed by atoms with Crippen molar-refractivity contribution >= 4 is 10.1 Å². The standard InChI is InChI=1S/C5H6O4S.H2O/c6-10(7,8)5-3-1-2-4-9-5;/h1-5H,(H,6,7,8);1H2. The summed E-state index contributed by atoms with van der Waals surface area (Å²) in [5.41, 5.74) is -1.24. The molecule has 0 aromatic rings. The zero-order valence-corrected chi connectivity index (χ0v) is 6.28. The minimum atomic E-state index is -4.09. The van der Waals surface area contributed by atoms with Crippen LogP contribution < -0.4 is 0 Å². The summed E-state index contributed by atoms with van der Waals surface area (Å²) in [4.78, 5) is 0. The zero-order chi connectivity index (χ0) is 7.61. The van der Waals surface area contributed by atoms with Gasteiger partial charge in [-0.1, -0.05) is 6.08 Å². The molecule has 11 heavy (non-hydrogen) atoms. The molecule has 0 aromatic carbocycles. The van der Waals surface area contributed by atoms with Crippen LogP contribution >= 0.6 is 0 Å². The molecule has 1 heterocycles. The third-order valence-electron chi connectivity index (χ3n) is 0.964. The van der Waals surface area contributed by atoms with E-state index in [4.69, 9.17) is 4.55 Å². The molecular weight excluding hydrogens is 172 g/mol. The summed E-state index contributed by atoms with van der Waals surface area (Å²) in [6.45, 7) is 0. The topological polar surface area (TPSA) is 95.1 Å². The summed E-state index contributed by atoms with van der Waals surface area (Å²) in [5, 5.41) is 0. The van der Waals surface area contributed by atoms with E-state index >= 15 is 0 Å². The smallest absolute Gasteiger partial charge is 0.307 e. The first kappa shape index (κ1) is 10.2. The fourth-order valence-electron chi connectivity index (χ4n) is 0.538. The summed E-state index contributed by atoms with van der Waals surface area (Å²) in [6.07, 6.45) is 5.47. The molecule has 6 heteroatoms. The third kappa shape index (κ3) is 2.71. The fourth-order valence-corrected chi connectivity index (χ4v) is 1.03. The summed E-state index contributed by atoms with van der Waals surface area (Å²) in [7, 11) is -4.09. The molecule has 0 bridgehead atoms. The molecule has 0 spiro atoms. The van der Waals surface area contributed by atoms with Gasteiger partial charge in [-0.15, -0.1) is 0 Å². The van der Waals surface area contributed by atoms with E-state index in [2.05, 4.69) is 4.74 Å². The van der Waals surface area contributed by atoms with E-state index in [1.807, 2.05) is 0 Å². The van der Waals surface area contributed by atoms with E-state index in [0.717, 1.165) is 0 Å². The summed E-state index contributed by atoms with van der Waals surface area (Å²) >= 11 is 0. The Bertz CT molecular complexity index is 263. The van der Waals surface area contributed by atoms with Gasteiger partial charge in [0.25, 0.3) is 0 Å². The highest BCUT2D eigenvalue weighted by atomic mass is 32.2. The number of hydrogen-bond acceptors (Lipinski definition) is 3. The van der Waals surface area contributed by atoms with Crippen LogP contribution in [0.1, 0.15) is 0 Å². The molecule has 64 valence electrons. The van der Waals surface area contributed by atoms with Crippen molar-refractivity contribution in [3.8, 4) is 0 Å². The van der Waals surface area contributed by atoms with E-state index in [1.54, 1.807) is 0 Å². The van der Waals surface area contributed by atoms with Crippen LogP contribution in [0.2, 0.25) is 0 Å². The first-order chi connectivity index (χ1) is 4.61. The van der Waals surface area contributed by atoms with Gasteiger partial charge in [0, 0.05) is 0 Å². The second-order valence-corrected chi connectivity index (χ2v) is 3.23. The minimum absolute atomic E-state index is 0. The van der Waals surface area contributed by atoms with Crippen LogP contribution in [0.4, 0.5) is 0 Å². The molecule has 1 aliphatic heterocycles. The van der Waals surface area contributed by atoms with Crippen molar-refractivity contribution in [2.24, 2.45) is 0 Å². The summed E-state index contributed by atoms with van der Waals surface area (Å²) in [6, 6.07) is 0. The van der Waals surface area contributed by atoms with Crippen molar-refractivity contribution in [2.45, 2.75) is 5.44 Å². The molecule has 3 N–H and O–H groups in total. The maximum absolute atomic E-state index is 10.3. The van der Waals surface area contributed by atoms with Gasteiger partial charge in [0.1, 0.15) is 0 Å². The number of ether oxygens (including phenoxy) is 1. The lowest BCUT2D eigenvalue weighted by atomic mass is 10.4. The number of rotatable bonds is 1. The van der Waals surface area contributed by atoms with E-state index in [0.29, 0.717) is 0 Å². The molecule has 0 fully saturated rings. The molecule has 5 nitrogen and oxygen atoms in total. The Morgan fingerprint density at radius 1 is 1.36 bits per heavy atom.